The van der Waals surface area contributed by atoms with Gasteiger partial charge in [-0.05, 0) is 42.8 Å². The molecule has 0 aliphatic heterocycles. The van der Waals surface area contributed by atoms with Gasteiger partial charge in [-0.2, -0.15) is 5.26 Å². The first-order chi connectivity index (χ1) is 16.4. The zero-order valence-corrected chi connectivity index (χ0v) is 19.5. The first-order valence-electron chi connectivity index (χ1n) is 10.1. The van der Waals surface area contributed by atoms with Crippen molar-refractivity contribution in [2.45, 2.75) is 6.92 Å². The average molecular weight is 484 g/mol. The highest BCUT2D eigenvalue weighted by Crippen LogP contribution is 2.39. The second-order valence-corrected chi connectivity index (χ2v) is 7.24. The number of halogens is 1. The Kier molecular flexibility index (Phi) is 8.37. The largest absolute Gasteiger partial charge is 0.493 e. The molecule has 9 nitrogen and oxygen atoms in total. The third-order valence-electron chi connectivity index (χ3n) is 4.45. The van der Waals surface area contributed by atoms with E-state index in [1.807, 2.05) is 18.2 Å². The molecule has 0 aliphatic rings. The molecule has 1 N–H and O–H groups in total. The molecule has 3 rings (SSSR count). The number of rotatable bonds is 10. The number of amides is 1. The fourth-order valence-electron chi connectivity index (χ4n) is 2.91. The SMILES string of the molecule is COc1cc(C=C(C#N)C(=O)Nc2cc(C)on2)cc(OC)c1OCCOc1ccccc1Cl. The number of nitriles is 1. The Bertz CT molecular complexity index is 1210. The van der Waals surface area contributed by atoms with Crippen LogP contribution in [0.2, 0.25) is 5.02 Å². The molecule has 1 heterocycles. The van der Waals surface area contributed by atoms with E-state index in [2.05, 4.69) is 10.5 Å². The highest BCUT2D eigenvalue weighted by atomic mass is 35.5. The summed E-state index contributed by atoms with van der Waals surface area (Å²) in [7, 11) is 2.94. The number of anilines is 1. The maximum Gasteiger partial charge on any atom is 0.267 e. The maximum atomic E-state index is 12.5. The zero-order valence-electron chi connectivity index (χ0n) is 18.8. The lowest BCUT2D eigenvalue weighted by Gasteiger charge is -2.16. The molecule has 1 amide bonds. The Morgan fingerprint density at radius 3 is 2.38 bits per heavy atom. The number of aromatic nitrogens is 1. The highest BCUT2D eigenvalue weighted by Gasteiger charge is 2.17. The Balaban J connectivity index is 1.74. The molecule has 0 fully saturated rings. The van der Waals surface area contributed by atoms with Crippen molar-refractivity contribution in [2.75, 3.05) is 32.8 Å². The van der Waals surface area contributed by atoms with Crippen molar-refractivity contribution in [1.82, 2.24) is 5.16 Å². The van der Waals surface area contributed by atoms with Crippen LogP contribution in [0.1, 0.15) is 11.3 Å². The van der Waals surface area contributed by atoms with Gasteiger partial charge in [-0.15, -0.1) is 0 Å². The van der Waals surface area contributed by atoms with Gasteiger partial charge >= 0.3 is 0 Å². The van der Waals surface area contributed by atoms with Gasteiger partial charge in [-0.1, -0.05) is 28.9 Å². The van der Waals surface area contributed by atoms with E-state index >= 15 is 0 Å². The number of para-hydroxylation sites is 1. The molecule has 176 valence electrons. The lowest BCUT2D eigenvalue weighted by molar-refractivity contribution is -0.112. The summed E-state index contributed by atoms with van der Waals surface area (Å²) in [5.74, 6) is 1.72. The Morgan fingerprint density at radius 1 is 1.12 bits per heavy atom. The van der Waals surface area contributed by atoms with Crippen LogP contribution in [-0.2, 0) is 4.79 Å². The number of ether oxygens (including phenoxy) is 4. The van der Waals surface area contributed by atoms with Crippen LogP contribution < -0.4 is 24.3 Å². The van der Waals surface area contributed by atoms with E-state index in [9.17, 15) is 10.1 Å². The van der Waals surface area contributed by atoms with Crippen molar-refractivity contribution in [3.05, 3.63) is 64.4 Å². The quantitative estimate of drug-likeness (QED) is 0.251. The molecule has 0 aliphatic carbocycles. The van der Waals surface area contributed by atoms with E-state index in [4.69, 9.17) is 35.1 Å². The zero-order chi connectivity index (χ0) is 24.5. The molecular weight excluding hydrogens is 462 g/mol. The summed E-state index contributed by atoms with van der Waals surface area (Å²) in [4.78, 5) is 12.5. The van der Waals surface area contributed by atoms with Gasteiger partial charge in [0.25, 0.3) is 5.91 Å². The van der Waals surface area contributed by atoms with Gasteiger partial charge in [0.05, 0.1) is 19.2 Å². The Hall–Kier alpha value is -4.16. The van der Waals surface area contributed by atoms with Gasteiger partial charge < -0.3 is 28.8 Å². The van der Waals surface area contributed by atoms with E-state index < -0.39 is 5.91 Å². The van der Waals surface area contributed by atoms with Crippen LogP contribution in [0.4, 0.5) is 5.82 Å². The molecule has 2 aromatic carbocycles. The lowest BCUT2D eigenvalue weighted by Crippen LogP contribution is -2.13. The van der Waals surface area contributed by atoms with Crippen molar-refractivity contribution < 1.29 is 28.3 Å². The fourth-order valence-corrected chi connectivity index (χ4v) is 3.10. The number of nitrogens with zero attached hydrogens (tertiary/aromatic N) is 2. The number of hydrogen-bond acceptors (Lipinski definition) is 8. The number of hydrogen-bond donors (Lipinski definition) is 1. The average Bonchev–Trinajstić information content (AvgIpc) is 3.25. The standard InChI is InChI=1S/C24H22ClN3O6/c1-15-10-22(28-34-15)27-24(29)17(14-26)11-16-12-20(30-2)23(21(13-16)31-3)33-9-8-32-19-7-5-4-6-18(19)25/h4-7,10-13H,8-9H2,1-3H3,(H,27,28,29). The van der Waals surface area contributed by atoms with Crippen LogP contribution in [0.25, 0.3) is 6.08 Å². The molecule has 0 atom stereocenters. The fraction of sp³-hybridized carbons (Fsp3) is 0.208. The number of benzene rings is 2. The third kappa shape index (κ3) is 6.21. The van der Waals surface area contributed by atoms with Crippen molar-refractivity contribution in [2.24, 2.45) is 0 Å². The van der Waals surface area contributed by atoms with Gasteiger partial charge in [0, 0.05) is 6.07 Å². The van der Waals surface area contributed by atoms with Gasteiger partial charge in [0.2, 0.25) is 5.75 Å². The molecule has 10 heteroatoms. The van der Waals surface area contributed by atoms with Crippen LogP contribution >= 0.6 is 11.6 Å². The van der Waals surface area contributed by atoms with E-state index in [1.54, 1.807) is 37.3 Å². The van der Waals surface area contributed by atoms with Crippen LogP contribution in [0.3, 0.4) is 0 Å². The van der Waals surface area contributed by atoms with Crippen LogP contribution in [-0.4, -0.2) is 38.5 Å². The molecule has 0 unspecified atom stereocenters. The Labute approximate surface area is 201 Å². The monoisotopic (exact) mass is 483 g/mol. The van der Waals surface area contributed by atoms with Gasteiger partial charge in [-0.3, -0.25) is 4.79 Å². The predicted octanol–water partition coefficient (Wildman–Crippen LogP) is 4.66. The van der Waals surface area contributed by atoms with Crippen molar-refractivity contribution in [1.29, 1.82) is 5.26 Å². The van der Waals surface area contributed by atoms with Crippen LogP contribution in [0.5, 0.6) is 23.0 Å². The molecule has 0 radical (unpaired) electrons. The second kappa shape index (κ2) is 11.6. The summed E-state index contributed by atoms with van der Waals surface area (Å²) in [6.07, 6.45) is 1.40. The minimum atomic E-state index is -0.634. The topological polar surface area (TPSA) is 116 Å². The first kappa shape index (κ1) is 24.5. The van der Waals surface area contributed by atoms with E-state index in [1.165, 1.54) is 20.3 Å². The summed E-state index contributed by atoms with van der Waals surface area (Å²) >= 11 is 6.08. The molecule has 1 aromatic heterocycles. The summed E-state index contributed by atoms with van der Waals surface area (Å²) in [5, 5.41) is 16.2. The molecule has 0 saturated carbocycles. The van der Waals surface area contributed by atoms with Crippen molar-refractivity contribution in [3.8, 4) is 29.1 Å². The molecule has 34 heavy (non-hydrogen) atoms. The molecular formula is C24H22ClN3O6. The smallest absolute Gasteiger partial charge is 0.267 e. The van der Waals surface area contributed by atoms with E-state index in [0.29, 0.717) is 39.3 Å². The van der Waals surface area contributed by atoms with E-state index in [-0.39, 0.29) is 24.6 Å². The van der Waals surface area contributed by atoms with Crippen LogP contribution in [0.15, 0.2) is 52.6 Å². The number of nitrogens with one attached hydrogen (secondary N) is 1. The molecule has 0 bridgehead atoms. The maximum absolute atomic E-state index is 12.5. The van der Waals surface area contributed by atoms with Gasteiger partial charge in [0.1, 0.15) is 36.4 Å². The summed E-state index contributed by atoms with van der Waals surface area (Å²) in [6.45, 7) is 2.11. The highest BCUT2D eigenvalue weighted by molar-refractivity contribution is 6.32. The third-order valence-corrected chi connectivity index (χ3v) is 4.76. The number of aryl methyl sites for hydroxylation is 1. The van der Waals surface area contributed by atoms with Crippen LogP contribution in [0, 0.1) is 18.3 Å². The predicted molar refractivity (Wildman–Crippen MR) is 125 cm³/mol. The minimum Gasteiger partial charge on any atom is -0.493 e. The Morgan fingerprint density at radius 2 is 1.79 bits per heavy atom. The van der Waals surface area contributed by atoms with Crippen molar-refractivity contribution in [3.63, 3.8) is 0 Å². The number of carbonyl (C=O) groups is 1. The number of methoxy groups -OCH3 is 2. The molecule has 3 aromatic rings. The minimum absolute atomic E-state index is 0.147. The first-order valence-corrected chi connectivity index (χ1v) is 10.5. The van der Waals surface area contributed by atoms with E-state index in [0.717, 1.165) is 0 Å². The number of carbonyl (C=O) groups excluding carboxylic acids is 1. The normalized spacial score (nSPS) is 10.9. The lowest BCUT2D eigenvalue weighted by atomic mass is 10.1. The molecule has 0 saturated heterocycles. The van der Waals surface area contributed by atoms with Gasteiger partial charge in [-0.25, -0.2) is 0 Å². The summed E-state index contributed by atoms with van der Waals surface area (Å²) in [6, 6.07) is 13.8. The summed E-state index contributed by atoms with van der Waals surface area (Å²) in [5.41, 5.74) is 0.350. The summed E-state index contributed by atoms with van der Waals surface area (Å²) < 4.78 is 27.2. The molecule has 0 spiro atoms. The van der Waals surface area contributed by atoms with Gasteiger partial charge in [0.15, 0.2) is 17.3 Å². The second-order valence-electron chi connectivity index (χ2n) is 6.83. The van der Waals surface area contributed by atoms with Crippen molar-refractivity contribution >= 4 is 29.4 Å².